The average Bonchev–Trinajstić information content (AvgIpc) is 2.54. The second-order valence-electron chi connectivity index (χ2n) is 4.63. The molecule has 1 heterocycles. The van der Waals surface area contributed by atoms with Crippen molar-refractivity contribution in [1.82, 2.24) is 4.90 Å². The fraction of sp³-hybridized carbons (Fsp3) is 0.625. The average molecular weight is 315 g/mol. The molecule has 0 aromatic heterocycles. The molecule has 21 heavy (non-hydrogen) atoms. The van der Waals surface area contributed by atoms with Crippen LogP contribution in [-0.2, 0) is 4.74 Å². The molecule has 1 fully saturated rings. The van der Waals surface area contributed by atoms with Crippen LogP contribution >= 0.6 is 11.6 Å². The Balaban J connectivity index is 0.00000106. The van der Waals surface area contributed by atoms with E-state index in [9.17, 15) is 0 Å². The van der Waals surface area contributed by atoms with E-state index in [1.807, 2.05) is 40.0 Å². The van der Waals surface area contributed by atoms with Crippen LogP contribution in [0.15, 0.2) is 12.1 Å². The first-order chi connectivity index (χ1) is 10.2. The lowest BCUT2D eigenvalue weighted by atomic mass is 10.2. The second kappa shape index (κ2) is 9.87. The second-order valence-corrected chi connectivity index (χ2v) is 5.04. The molecule has 1 aliphatic heterocycles. The summed E-state index contributed by atoms with van der Waals surface area (Å²) in [7, 11) is 1.87. The van der Waals surface area contributed by atoms with Crippen LogP contribution in [0.5, 0.6) is 5.75 Å². The van der Waals surface area contributed by atoms with Gasteiger partial charge in [-0.1, -0.05) is 25.4 Å². The molecule has 2 rings (SSSR count). The predicted molar refractivity (Wildman–Crippen MR) is 89.8 cm³/mol. The molecule has 4 nitrogen and oxygen atoms in total. The van der Waals surface area contributed by atoms with Gasteiger partial charge in [-0.05, 0) is 13.0 Å². The first-order valence-corrected chi connectivity index (χ1v) is 7.99. The summed E-state index contributed by atoms with van der Waals surface area (Å²) in [4.78, 5) is 2.35. The summed E-state index contributed by atoms with van der Waals surface area (Å²) < 4.78 is 11.2. The third kappa shape index (κ3) is 5.73. The summed E-state index contributed by atoms with van der Waals surface area (Å²) >= 11 is 6.18. The normalized spacial score (nSPS) is 15.1. The number of hydrogen-bond donors (Lipinski definition) is 1. The minimum absolute atomic E-state index is 0.671. The van der Waals surface area contributed by atoms with Crippen molar-refractivity contribution in [3.63, 3.8) is 0 Å². The number of ether oxygens (including phenoxy) is 2. The Bertz CT molecular complexity index is 421. The molecule has 0 amide bonds. The highest BCUT2D eigenvalue weighted by Gasteiger charge is 2.11. The first kappa shape index (κ1) is 18.1. The van der Waals surface area contributed by atoms with Crippen LogP contribution in [0.1, 0.15) is 19.4 Å². The van der Waals surface area contributed by atoms with E-state index in [1.54, 1.807) is 0 Å². The molecule has 1 saturated heterocycles. The smallest absolute Gasteiger partial charge is 0.125 e. The molecule has 1 N–H and O–H groups in total. The monoisotopic (exact) mass is 314 g/mol. The van der Waals surface area contributed by atoms with Crippen LogP contribution in [0.25, 0.3) is 0 Å². The van der Waals surface area contributed by atoms with E-state index in [-0.39, 0.29) is 0 Å². The molecule has 1 aromatic carbocycles. The molecule has 1 aliphatic rings. The molecule has 1 aromatic rings. The Morgan fingerprint density at radius 1 is 1.29 bits per heavy atom. The van der Waals surface area contributed by atoms with Crippen molar-refractivity contribution >= 4 is 17.3 Å². The maximum absolute atomic E-state index is 6.18. The van der Waals surface area contributed by atoms with E-state index >= 15 is 0 Å². The van der Waals surface area contributed by atoms with Crippen molar-refractivity contribution in [1.29, 1.82) is 0 Å². The maximum atomic E-state index is 6.18. The Morgan fingerprint density at radius 3 is 2.57 bits per heavy atom. The van der Waals surface area contributed by atoms with Crippen LogP contribution in [0, 0.1) is 6.92 Å². The lowest BCUT2D eigenvalue weighted by molar-refractivity contribution is 0.0322. The first-order valence-electron chi connectivity index (χ1n) is 7.61. The largest absolute Gasteiger partial charge is 0.492 e. The lowest BCUT2D eigenvalue weighted by Gasteiger charge is -2.26. The van der Waals surface area contributed by atoms with Crippen LogP contribution in [0.3, 0.4) is 0 Å². The van der Waals surface area contributed by atoms with Gasteiger partial charge in [0.25, 0.3) is 0 Å². The lowest BCUT2D eigenvalue weighted by Crippen LogP contribution is -2.38. The van der Waals surface area contributed by atoms with Gasteiger partial charge >= 0.3 is 0 Å². The van der Waals surface area contributed by atoms with Gasteiger partial charge < -0.3 is 14.8 Å². The standard InChI is InChI=1S/C14H21ClN2O2.C2H6/c1-11-13(15)9-12(16-2)10-14(11)19-8-5-17-3-6-18-7-4-17;1-2/h9-10,16H,3-8H2,1-2H3;1-2H3. The van der Waals surface area contributed by atoms with E-state index in [1.165, 1.54) is 0 Å². The van der Waals surface area contributed by atoms with Crippen molar-refractivity contribution < 1.29 is 9.47 Å². The molecule has 0 radical (unpaired) electrons. The highest BCUT2D eigenvalue weighted by atomic mass is 35.5. The maximum Gasteiger partial charge on any atom is 0.125 e. The van der Waals surface area contributed by atoms with Gasteiger partial charge in [-0.25, -0.2) is 0 Å². The Hall–Kier alpha value is -0.970. The summed E-state index contributed by atoms with van der Waals surface area (Å²) in [6, 6.07) is 3.90. The fourth-order valence-corrected chi connectivity index (χ4v) is 2.27. The highest BCUT2D eigenvalue weighted by molar-refractivity contribution is 6.31. The Kier molecular flexibility index (Phi) is 8.50. The minimum atomic E-state index is 0.671. The number of halogens is 1. The highest BCUT2D eigenvalue weighted by Crippen LogP contribution is 2.30. The quantitative estimate of drug-likeness (QED) is 0.903. The predicted octanol–water partition coefficient (Wildman–Crippen LogP) is 3.43. The van der Waals surface area contributed by atoms with Gasteiger partial charge in [0.05, 0.1) is 13.2 Å². The minimum Gasteiger partial charge on any atom is -0.492 e. The van der Waals surface area contributed by atoms with Crippen molar-refractivity contribution in [2.45, 2.75) is 20.8 Å². The fourth-order valence-electron chi connectivity index (χ4n) is 2.06. The number of anilines is 1. The summed E-state index contributed by atoms with van der Waals surface area (Å²) in [5.41, 5.74) is 1.96. The molecule has 5 heteroatoms. The summed E-state index contributed by atoms with van der Waals surface area (Å²) in [5, 5.41) is 3.81. The molecule has 0 saturated carbocycles. The number of morpholine rings is 1. The number of rotatable bonds is 5. The summed E-state index contributed by atoms with van der Waals surface area (Å²) in [6.07, 6.45) is 0. The van der Waals surface area contributed by atoms with Gasteiger partial charge in [-0.2, -0.15) is 0 Å². The third-order valence-electron chi connectivity index (χ3n) is 3.35. The van der Waals surface area contributed by atoms with E-state index in [2.05, 4.69) is 10.2 Å². The van der Waals surface area contributed by atoms with Crippen LogP contribution in [0.4, 0.5) is 5.69 Å². The number of nitrogens with one attached hydrogen (secondary N) is 1. The van der Waals surface area contributed by atoms with Crippen LogP contribution < -0.4 is 10.1 Å². The molecular weight excluding hydrogens is 288 g/mol. The Morgan fingerprint density at radius 2 is 1.95 bits per heavy atom. The van der Waals surface area contributed by atoms with Crippen molar-refractivity contribution in [2.24, 2.45) is 0 Å². The number of nitrogens with zero attached hydrogens (tertiary/aromatic N) is 1. The summed E-state index contributed by atoms with van der Waals surface area (Å²) in [5.74, 6) is 0.852. The zero-order chi connectivity index (χ0) is 15.7. The topological polar surface area (TPSA) is 33.7 Å². The van der Waals surface area contributed by atoms with Gasteiger partial charge in [0.15, 0.2) is 0 Å². The molecule has 0 unspecified atom stereocenters. The Labute approximate surface area is 133 Å². The molecule has 0 bridgehead atoms. The summed E-state index contributed by atoms with van der Waals surface area (Å²) in [6.45, 7) is 11.2. The van der Waals surface area contributed by atoms with Crippen LogP contribution in [0.2, 0.25) is 5.02 Å². The van der Waals surface area contributed by atoms with E-state index in [0.29, 0.717) is 6.61 Å². The molecule has 0 atom stereocenters. The molecule has 0 spiro atoms. The van der Waals surface area contributed by atoms with Crippen LogP contribution in [-0.4, -0.2) is 51.4 Å². The van der Waals surface area contributed by atoms with E-state index in [4.69, 9.17) is 21.1 Å². The van der Waals surface area contributed by atoms with Crippen molar-refractivity contribution in [3.8, 4) is 5.75 Å². The van der Waals surface area contributed by atoms with Gasteiger partial charge in [0, 0.05) is 49.0 Å². The zero-order valence-corrected chi connectivity index (χ0v) is 14.3. The van der Waals surface area contributed by atoms with Gasteiger partial charge in [0.2, 0.25) is 0 Å². The number of hydrogen-bond acceptors (Lipinski definition) is 4. The van der Waals surface area contributed by atoms with Gasteiger partial charge in [-0.3, -0.25) is 4.90 Å². The van der Waals surface area contributed by atoms with Gasteiger partial charge in [-0.15, -0.1) is 0 Å². The SMILES string of the molecule is CC.CNc1cc(Cl)c(C)c(OCCN2CCOCC2)c1. The van der Waals surface area contributed by atoms with Crippen molar-refractivity contribution in [2.75, 3.05) is 51.8 Å². The number of benzene rings is 1. The third-order valence-corrected chi connectivity index (χ3v) is 3.75. The van der Waals surface area contributed by atoms with E-state index < -0.39 is 0 Å². The molecule has 0 aliphatic carbocycles. The molecule has 120 valence electrons. The zero-order valence-electron chi connectivity index (χ0n) is 13.5. The van der Waals surface area contributed by atoms with Gasteiger partial charge in [0.1, 0.15) is 12.4 Å². The van der Waals surface area contributed by atoms with Crippen molar-refractivity contribution in [3.05, 3.63) is 22.7 Å². The molecular formula is C16H27ClN2O2. The van der Waals surface area contributed by atoms with E-state index in [0.717, 1.165) is 54.9 Å².